The SMILES string of the molecule is OB(O)c1c(C(F)(F)F)cccc1C(F)(F)F.c1cnc2ncccc2c1. The smallest absolute Gasteiger partial charge is 0.423 e. The fourth-order valence-corrected chi connectivity index (χ4v) is 2.25. The highest BCUT2D eigenvalue weighted by molar-refractivity contribution is 6.59. The molecule has 0 spiro atoms. The second-order valence-corrected chi connectivity index (χ2v) is 5.19. The van der Waals surface area contributed by atoms with Gasteiger partial charge in [-0.2, -0.15) is 26.3 Å². The maximum Gasteiger partial charge on any atom is 0.489 e. The molecule has 0 saturated carbocycles. The second-order valence-electron chi connectivity index (χ2n) is 5.19. The molecule has 1 aromatic carbocycles. The molecule has 3 rings (SSSR count). The van der Waals surface area contributed by atoms with Gasteiger partial charge >= 0.3 is 19.5 Å². The number of hydrogen-bond donors (Lipinski definition) is 2. The molecule has 142 valence electrons. The lowest BCUT2D eigenvalue weighted by atomic mass is 9.73. The van der Waals surface area contributed by atoms with Crippen LogP contribution in [-0.4, -0.2) is 27.1 Å². The van der Waals surface area contributed by atoms with Crippen molar-refractivity contribution < 1.29 is 36.4 Å². The molecule has 0 aliphatic carbocycles. The Hall–Kier alpha value is -2.66. The molecule has 2 aromatic heterocycles. The molecule has 0 aliphatic heterocycles. The van der Waals surface area contributed by atoms with E-state index in [0.29, 0.717) is 18.2 Å². The molecule has 3 aromatic rings. The zero-order valence-electron chi connectivity index (χ0n) is 13.3. The molecular formula is C16H11BF6N2O2. The number of hydrogen-bond acceptors (Lipinski definition) is 4. The van der Waals surface area contributed by atoms with E-state index in [1.165, 1.54) is 0 Å². The van der Waals surface area contributed by atoms with Crippen LogP contribution >= 0.6 is 0 Å². The Kier molecular flexibility index (Phi) is 6.06. The average molecular weight is 388 g/mol. The first-order valence-corrected chi connectivity index (χ1v) is 7.31. The topological polar surface area (TPSA) is 66.2 Å². The summed E-state index contributed by atoms with van der Waals surface area (Å²) in [6.45, 7) is 0. The van der Waals surface area contributed by atoms with E-state index in [1.807, 2.05) is 24.3 Å². The van der Waals surface area contributed by atoms with E-state index < -0.39 is 36.1 Å². The van der Waals surface area contributed by atoms with Crippen LogP contribution in [0.5, 0.6) is 0 Å². The lowest BCUT2D eigenvalue weighted by Crippen LogP contribution is -2.41. The van der Waals surface area contributed by atoms with Crippen molar-refractivity contribution in [3.05, 3.63) is 66.0 Å². The van der Waals surface area contributed by atoms with E-state index in [-0.39, 0.29) is 0 Å². The van der Waals surface area contributed by atoms with Crippen LogP contribution in [0.2, 0.25) is 0 Å². The summed E-state index contributed by atoms with van der Waals surface area (Å²) in [4.78, 5) is 8.14. The molecule has 0 unspecified atom stereocenters. The molecule has 0 bridgehead atoms. The highest BCUT2D eigenvalue weighted by atomic mass is 19.4. The third kappa shape index (κ3) is 5.17. The van der Waals surface area contributed by atoms with Crippen molar-refractivity contribution in [2.45, 2.75) is 12.4 Å². The lowest BCUT2D eigenvalue weighted by molar-refractivity contribution is -0.141. The zero-order valence-corrected chi connectivity index (χ0v) is 13.3. The van der Waals surface area contributed by atoms with Gasteiger partial charge in [0.05, 0.1) is 11.1 Å². The molecule has 2 heterocycles. The highest BCUT2D eigenvalue weighted by Gasteiger charge is 2.43. The minimum atomic E-state index is -5.10. The number of halogens is 6. The Balaban J connectivity index is 0.000000219. The molecule has 27 heavy (non-hydrogen) atoms. The number of benzene rings is 1. The quantitative estimate of drug-likeness (QED) is 0.497. The van der Waals surface area contributed by atoms with Crippen molar-refractivity contribution in [2.24, 2.45) is 0 Å². The summed E-state index contributed by atoms with van der Waals surface area (Å²) in [7, 11) is -2.86. The minimum absolute atomic E-state index is 0.351. The Morgan fingerprint density at radius 3 is 1.48 bits per heavy atom. The first-order valence-electron chi connectivity index (χ1n) is 7.31. The van der Waals surface area contributed by atoms with Gasteiger partial charge in [-0.3, -0.25) is 0 Å². The summed E-state index contributed by atoms with van der Waals surface area (Å²) in [5, 5.41) is 18.4. The van der Waals surface area contributed by atoms with E-state index in [0.717, 1.165) is 11.0 Å². The third-order valence-electron chi connectivity index (χ3n) is 3.35. The largest absolute Gasteiger partial charge is 0.489 e. The van der Waals surface area contributed by atoms with E-state index in [1.54, 1.807) is 12.4 Å². The van der Waals surface area contributed by atoms with E-state index in [9.17, 15) is 26.3 Å². The molecule has 0 aliphatic rings. The number of aromatic nitrogens is 2. The van der Waals surface area contributed by atoms with Gasteiger partial charge in [0.15, 0.2) is 5.65 Å². The summed E-state index contributed by atoms with van der Waals surface area (Å²) < 4.78 is 74.3. The molecule has 4 nitrogen and oxygen atoms in total. The van der Waals surface area contributed by atoms with Gasteiger partial charge in [0.2, 0.25) is 0 Å². The van der Waals surface area contributed by atoms with Crippen LogP contribution in [0.25, 0.3) is 11.0 Å². The Morgan fingerprint density at radius 1 is 0.704 bits per heavy atom. The van der Waals surface area contributed by atoms with Crippen LogP contribution in [-0.2, 0) is 12.4 Å². The molecule has 0 fully saturated rings. The van der Waals surface area contributed by atoms with Crippen LogP contribution in [0.1, 0.15) is 11.1 Å². The van der Waals surface area contributed by atoms with Crippen molar-refractivity contribution in [2.75, 3.05) is 0 Å². The summed E-state index contributed by atoms with van der Waals surface area (Å²) in [5.74, 6) is 0. The minimum Gasteiger partial charge on any atom is -0.423 e. The van der Waals surface area contributed by atoms with Crippen molar-refractivity contribution in [1.29, 1.82) is 0 Å². The van der Waals surface area contributed by atoms with Gasteiger partial charge in [0.1, 0.15) is 0 Å². The fourth-order valence-electron chi connectivity index (χ4n) is 2.25. The number of pyridine rings is 2. The maximum atomic E-state index is 12.4. The monoisotopic (exact) mass is 388 g/mol. The van der Waals surface area contributed by atoms with Gasteiger partial charge in [0, 0.05) is 23.2 Å². The van der Waals surface area contributed by atoms with E-state index in [4.69, 9.17) is 10.0 Å². The normalized spacial score (nSPS) is 11.7. The number of rotatable bonds is 1. The van der Waals surface area contributed by atoms with E-state index >= 15 is 0 Å². The summed E-state index contributed by atoms with van der Waals surface area (Å²) in [6.07, 6.45) is -6.70. The molecule has 0 saturated heterocycles. The third-order valence-corrected chi connectivity index (χ3v) is 3.35. The lowest BCUT2D eigenvalue weighted by Gasteiger charge is -2.17. The van der Waals surface area contributed by atoms with Crippen molar-refractivity contribution >= 4 is 23.6 Å². The summed E-state index contributed by atoms with van der Waals surface area (Å²) in [5.41, 5.74) is -4.22. The van der Waals surface area contributed by atoms with Crippen LogP contribution in [0.4, 0.5) is 26.3 Å². The van der Waals surface area contributed by atoms with Crippen molar-refractivity contribution in [3.8, 4) is 0 Å². The number of fused-ring (bicyclic) bond motifs is 1. The van der Waals surface area contributed by atoms with Gasteiger partial charge in [0.25, 0.3) is 0 Å². The fraction of sp³-hybridized carbons (Fsp3) is 0.125. The molecule has 0 atom stereocenters. The molecule has 11 heteroatoms. The van der Waals surface area contributed by atoms with Gasteiger partial charge in [-0.15, -0.1) is 0 Å². The first-order chi connectivity index (χ1) is 12.5. The maximum absolute atomic E-state index is 12.4. The zero-order chi connectivity index (χ0) is 20.2. The average Bonchev–Trinajstić information content (AvgIpc) is 2.60. The summed E-state index contributed by atoms with van der Waals surface area (Å²) >= 11 is 0. The van der Waals surface area contributed by atoms with Crippen molar-refractivity contribution in [1.82, 2.24) is 9.97 Å². The molecular weight excluding hydrogens is 377 g/mol. The van der Waals surface area contributed by atoms with Crippen LogP contribution < -0.4 is 5.46 Å². The van der Waals surface area contributed by atoms with Crippen LogP contribution in [0.15, 0.2) is 54.9 Å². The number of alkyl halides is 6. The predicted octanol–water partition coefficient (Wildman–Crippen LogP) is 3.03. The van der Waals surface area contributed by atoms with Crippen LogP contribution in [0, 0.1) is 0 Å². The first kappa shape index (κ1) is 20.7. The van der Waals surface area contributed by atoms with Gasteiger partial charge in [-0.1, -0.05) is 18.2 Å². The van der Waals surface area contributed by atoms with Crippen LogP contribution in [0.3, 0.4) is 0 Å². The molecule has 0 amide bonds. The van der Waals surface area contributed by atoms with Crippen molar-refractivity contribution in [3.63, 3.8) is 0 Å². The van der Waals surface area contributed by atoms with Gasteiger partial charge in [-0.05, 0) is 24.3 Å². The van der Waals surface area contributed by atoms with E-state index in [2.05, 4.69) is 9.97 Å². The molecule has 2 N–H and O–H groups in total. The predicted molar refractivity (Wildman–Crippen MR) is 85.8 cm³/mol. The second kappa shape index (κ2) is 7.93. The Labute approximate surface area is 149 Å². The molecule has 0 radical (unpaired) electrons. The standard InChI is InChI=1S/C8H5BF6O2.C8H6N2/c10-7(11,12)4-2-1-3-5(8(13,14)15)6(4)9(16)17;1-3-7-4-2-6-10-8(7)9-5-1/h1-3,16-17H;1-6H. The Bertz CT molecular complexity index is 818. The van der Waals surface area contributed by atoms with Gasteiger partial charge in [-0.25, -0.2) is 9.97 Å². The summed E-state index contributed by atoms with van der Waals surface area (Å²) in [6, 6.07) is 9.06. The number of nitrogens with zero attached hydrogens (tertiary/aromatic N) is 2. The highest BCUT2D eigenvalue weighted by Crippen LogP contribution is 2.33. The van der Waals surface area contributed by atoms with Gasteiger partial charge < -0.3 is 10.0 Å². The Morgan fingerprint density at radius 2 is 1.15 bits per heavy atom.